The largest absolute Gasteiger partial charge is 0.339 e. The number of hydrogen-bond acceptors (Lipinski definition) is 6. The van der Waals surface area contributed by atoms with E-state index in [1.54, 1.807) is 28.4 Å². The maximum Gasteiger partial charge on any atom is 0.244 e. The molecule has 4 rings (SSSR count). The summed E-state index contributed by atoms with van der Waals surface area (Å²) in [6.07, 6.45) is 0. The first-order chi connectivity index (χ1) is 15.4. The van der Waals surface area contributed by atoms with Crippen molar-refractivity contribution in [2.24, 2.45) is 0 Å². The smallest absolute Gasteiger partial charge is 0.244 e. The fourth-order valence-electron chi connectivity index (χ4n) is 3.93. The van der Waals surface area contributed by atoms with E-state index in [0.29, 0.717) is 19.6 Å². The van der Waals surface area contributed by atoms with Crippen LogP contribution < -0.4 is 0 Å². The van der Waals surface area contributed by atoms with Crippen molar-refractivity contribution in [1.82, 2.24) is 14.1 Å². The molecule has 1 aliphatic heterocycles. The standard InChI is InChI=1S/C23H24N4O3S2/c1-25(15-19-17-31-21-8-4-3-7-20(19)21)16-23(28)26-10-12-27(13-11-26)32(29,30)22-9-5-2-6-18(22)14-24/h2-9,17H,10-13,15-16H2,1H3. The van der Waals surface area contributed by atoms with Gasteiger partial charge in [-0.05, 0) is 41.6 Å². The predicted octanol–water partition coefficient (Wildman–Crippen LogP) is 2.74. The van der Waals surface area contributed by atoms with Crippen LogP contribution in [0.4, 0.5) is 0 Å². The Morgan fingerprint density at radius 2 is 1.78 bits per heavy atom. The van der Waals surface area contributed by atoms with Crippen LogP contribution >= 0.6 is 11.3 Å². The molecule has 2 heterocycles. The monoisotopic (exact) mass is 468 g/mol. The lowest BCUT2D eigenvalue weighted by atomic mass is 10.1. The summed E-state index contributed by atoms with van der Waals surface area (Å²) in [7, 11) is -1.85. The third-order valence-electron chi connectivity index (χ3n) is 5.62. The molecule has 0 spiro atoms. The van der Waals surface area contributed by atoms with E-state index in [1.807, 2.05) is 30.1 Å². The van der Waals surface area contributed by atoms with Gasteiger partial charge >= 0.3 is 0 Å². The molecule has 9 heteroatoms. The van der Waals surface area contributed by atoms with Crippen molar-refractivity contribution in [2.75, 3.05) is 39.8 Å². The molecule has 0 unspecified atom stereocenters. The number of nitriles is 1. The number of piperazine rings is 1. The van der Waals surface area contributed by atoms with Gasteiger partial charge in [-0.3, -0.25) is 9.69 Å². The van der Waals surface area contributed by atoms with Gasteiger partial charge in [0.25, 0.3) is 0 Å². The van der Waals surface area contributed by atoms with Gasteiger partial charge in [0.2, 0.25) is 15.9 Å². The van der Waals surface area contributed by atoms with E-state index in [9.17, 15) is 18.5 Å². The van der Waals surface area contributed by atoms with Gasteiger partial charge < -0.3 is 4.90 Å². The summed E-state index contributed by atoms with van der Waals surface area (Å²) in [5.41, 5.74) is 1.33. The molecule has 0 atom stereocenters. The molecule has 0 saturated carbocycles. The molecule has 1 saturated heterocycles. The maximum atomic E-state index is 13.0. The van der Waals surface area contributed by atoms with E-state index in [-0.39, 0.29) is 36.0 Å². The lowest BCUT2D eigenvalue weighted by Crippen LogP contribution is -2.52. The van der Waals surface area contributed by atoms with Crippen molar-refractivity contribution >= 4 is 37.4 Å². The average Bonchev–Trinajstić information content (AvgIpc) is 3.21. The quantitative estimate of drug-likeness (QED) is 0.555. The second kappa shape index (κ2) is 9.38. The van der Waals surface area contributed by atoms with Crippen molar-refractivity contribution in [3.05, 3.63) is 65.0 Å². The minimum absolute atomic E-state index is 0.0125. The summed E-state index contributed by atoms with van der Waals surface area (Å²) in [4.78, 5) is 16.5. The van der Waals surface area contributed by atoms with Gasteiger partial charge in [0, 0.05) is 37.4 Å². The number of rotatable bonds is 6. The summed E-state index contributed by atoms with van der Waals surface area (Å²) in [5, 5.41) is 12.6. The lowest BCUT2D eigenvalue weighted by Gasteiger charge is -2.35. The number of carbonyl (C=O) groups is 1. The Morgan fingerprint density at radius 1 is 1.09 bits per heavy atom. The minimum atomic E-state index is -3.77. The zero-order chi connectivity index (χ0) is 22.7. The highest BCUT2D eigenvalue weighted by Gasteiger charge is 2.31. The predicted molar refractivity (Wildman–Crippen MR) is 125 cm³/mol. The molecule has 1 amide bonds. The topological polar surface area (TPSA) is 84.7 Å². The highest BCUT2D eigenvalue weighted by molar-refractivity contribution is 7.89. The number of benzene rings is 2. The summed E-state index contributed by atoms with van der Waals surface area (Å²) in [6.45, 7) is 2.05. The summed E-state index contributed by atoms with van der Waals surface area (Å²) >= 11 is 1.70. The molecule has 1 aromatic heterocycles. The van der Waals surface area contributed by atoms with E-state index in [1.165, 1.54) is 32.1 Å². The number of nitrogens with zero attached hydrogens (tertiary/aromatic N) is 4. The van der Waals surface area contributed by atoms with Crippen LogP contribution in [0.25, 0.3) is 10.1 Å². The van der Waals surface area contributed by atoms with E-state index >= 15 is 0 Å². The van der Waals surface area contributed by atoms with E-state index < -0.39 is 10.0 Å². The van der Waals surface area contributed by atoms with Crippen LogP contribution in [0.1, 0.15) is 11.1 Å². The van der Waals surface area contributed by atoms with Crippen molar-refractivity contribution in [1.29, 1.82) is 5.26 Å². The van der Waals surface area contributed by atoms with Crippen LogP contribution in [0.3, 0.4) is 0 Å². The fraction of sp³-hybridized carbons (Fsp3) is 0.304. The molecule has 1 fully saturated rings. The maximum absolute atomic E-state index is 13.0. The number of thiophene rings is 1. The SMILES string of the molecule is CN(CC(=O)N1CCN(S(=O)(=O)c2ccccc2C#N)CC1)Cc1csc2ccccc12. The Hall–Kier alpha value is -2.77. The molecule has 2 aromatic carbocycles. The van der Waals surface area contributed by atoms with Crippen LogP contribution in [-0.2, 0) is 21.4 Å². The van der Waals surface area contributed by atoms with Gasteiger partial charge in [-0.25, -0.2) is 8.42 Å². The zero-order valence-electron chi connectivity index (χ0n) is 17.8. The number of sulfonamides is 1. The Labute approximate surface area is 192 Å². The number of likely N-dealkylation sites (N-methyl/N-ethyl adjacent to an activating group) is 1. The number of amides is 1. The van der Waals surface area contributed by atoms with E-state index in [0.717, 1.165) is 0 Å². The molecule has 32 heavy (non-hydrogen) atoms. The lowest BCUT2D eigenvalue weighted by molar-refractivity contribution is -0.133. The van der Waals surface area contributed by atoms with Gasteiger partial charge in [0.1, 0.15) is 6.07 Å². The van der Waals surface area contributed by atoms with Crippen LogP contribution in [0.5, 0.6) is 0 Å². The molecule has 7 nitrogen and oxygen atoms in total. The fourth-order valence-corrected chi connectivity index (χ4v) is 6.45. The molecular weight excluding hydrogens is 444 g/mol. The minimum Gasteiger partial charge on any atom is -0.339 e. The van der Waals surface area contributed by atoms with E-state index in [4.69, 9.17) is 0 Å². The van der Waals surface area contributed by atoms with Gasteiger partial charge in [-0.1, -0.05) is 30.3 Å². The van der Waals surface area contributed by atoms with Crippen molar-refractivity contribution in [2.45, 2.75) is 11.4 Å². The average molecular weight is 469 g/mol. The van der Waals surface area contributed by atoms with Crippen LogP contribution in [0.2, 0.25) is 0 Å². The molecule has 0 bridgehead atoms. The van der Waals surface area contributed by atoms with Crippen LogP contribution in [0, 0.1) is 11.3 Å². The highest BCUT2D eigenvalue weighted by atomic mass is 32.2. The molecular formula is C23H24N4O3S2. The Bertz CT molecular complexity index is 1270. The van der Waals surface area contributed by atoms with Crippen molar-refractivity contribution < 1.29 is 13.2 Å². The second-order valence-corrected chi connectivity index (χ2v) is 10.6. The zero-order valence-corrected chi connectivity index (χ0v) is 19.4. The van der Waals surface area contributed by atoms with Gasteiger partial charge in [-0.2, -0.15) is 9.57 Å². The highest BCUT2D eigenvalue weighted by Crippen LogP contribution is 2.26. The van der Waals surface area contributed by atoms with Gasteiger partial charge in [0.05, 0.1) is 17.0 Å². The third-order valence-corrected chi connectivity index (χ3v) is 8.59. The Morgan fingerprint density at radius 3 is 2.53 bits per heavy atom. The first-order valence-electron chi connectivity index (χ1n) is 10.3. The van der Waals surface area contributed by atoms with E-state index in [2.05, 4.69) is 17.5 Å². The normalized spacial score (nSPS) is 15.2. The molecule has 0 N–H and O–H groups in total. The van der Waals surface area contributed by atoms with Crippen LogP contribution in [0.15, 0.2) is 58.8 Å². The summed E-state index contributed by atoms with van der Waals surface area (Å²) < 4.78 is 28.5. The summed E-state index contributed by atoms with van der Waals surface area (Å²) in [5.74, 6) is -0.0125. The number of fused-ring (bicyclic) bond motifs is 1. The molecule has 3 aromatic rings. The van der Waals surface area contributed by atoms with Crippen molar-refractivity contribution in [3.8, 4) is 6.07 Å². The first-order valence-corrected chi connectivity index (χ1v) is 12.6. The Kier molecular flexibility index (Phi) is 6.58. The number of hydrogen-bond donors (Lipinski definition) is 0. The summed E-state index contributed by atoms with van der Waals surface area (Å²) in [6, 6.07) is 16.4. The first kappa shape index (κ1) is 22.4. The molecule has 0 aliphatic carbocycles. The molecule has 0 radical (unpaired) electrons. The van der Waals surface area contributed by atoms with Crippen molar-refractivity contribution in [3.63, 3.8) is 0 Å². The van der Waals surface area contributed by atoms with Gasteiger partial charge in [-0.15, -0.1) is 11.3 Å². The second-order valence-electron chi connectivity index (χ2n) is 7.82. The molecule has 166 valence electrons. The number of carbonyl (C=O) groups excluding carboxylic acids is 1. The Balaban J connectivity index is 1.35. The van der Waals surface area contributed by atoms with Crippen LogP contribution in [-0.4, -0.2) is 68.2 Å². The van der Waals surface area contributed by atoms with Gasteiger partial charge in [0.15, 0.2) is 0 Å². The molecule has 1 aliphatic rings. The third kappa shape index (κ3) is 4.54.